The molecule has 0 bridgehead atoms. The Balaban J connectivity index is 2.25. The van der Waals surface area contributed by atoms with Crippen molar-refractivity contribution in [3.8, 4) is 17.0 Å². The number of aryl methyl sites for hydroxylation is 1. The third-order valence-electron chi connectivity index (χ3n) is 3.26. The van der Waals surface area contributed by atoms with Gasteiger partial charge in [0.2, 0.25) is 0 Å². The van der Waals surface area contributed by atoms with Crippen molar-refractivity contribution < 1.29 is 4.74 Å². The van der Waals surface area contributed by atoms with Crippen LogP contribution in [0.3, 0.4) is 0 Å². The van der Waals surface area contributed by atoms with Gasteiger partial charge in [-0.1, -0.05) is 0 Å². The molecule has 4 nitrogen and oxygen atoms in total. The first-order valence-electron chi connectivity index (χ1n) is 6.04. The summed E-state index contributed by atoms with van der Waals surface area (Å²) < 4.78 is 7.33. The number of hydrogen-bond acceptors (Lipinski definition) is 3. The number of fused-ring (bicyclic) bond motifs is 1. The molecule has 2 heterocycles. The quantitative estimate of drug-likeness (QED) is 0.764. The van der Waals surface area contributed by atoms with Crippen LogP contribution in [-0.2, 0) is 7.05 Å². The topological polar surface area (TPSA) is 53.1 Å². The number of methoxy groups -OCH3 is 1. The van der Waals surface area contributed by atoms with Gasteiger partial charge in [0.15, 0.2) is 0 Å². The van der Waals surface area contributed by atoms with Crippen LogP contribution in [0.15, 0.2) is 42.7 Å². The summed E-state index contributed by atoms with van der Waals surface area (Å²) in [5.41, 5.74) is 9.61. The summed E-state index contributed by atoms with van der Waals surface area (Å²) in [5, 5.41) is 1.14. The van der Waals surface area contributed by atoms with Crippen LogP contribution >= 0.6 is 0 Å². The Kier molecular flexibility index (Phi) is 2.63. The number of nitrogens with two attached hydrogens (primary N) is 1. The van der Waals surface area contributed by atoms with Crippen molar-refractivity contribution in [2.45, 2.75) is 0 Å². The molecule has 0 radical (unpaired) electrons. The highest BCUT2D eigenvalue weighted by atomic mass is 16.5. The number of nitrogen functional groups attached to an aromatic ring is 1. The molecule has 0 atom stereocenters. The van der Waals surface area contributed by atoms with E-state index in [1.165, 1.54) is 0 Å². The summed E-state index contributed by atoms with van der Waals surface area (Å²) in [6.07, 6.45) is 3.79. The van der Waals surface area contributed by atoms with Gasteiger partial charge >= 0.3 is 0 Å². The van der Waals surface area contributed by atoms with Crippen molar-refractivity contribution in [3.63, 3.8) is 0 Å². The molecule has 0 saturated carbocycles. The van der Waals surface area contributed by atoms with Crippen LogP contribution in [0, 0.1) is 0 Å². The van der Waals surface area contributed by atoms with Gasteiger partial charge in [0.05, 0.1) is 18.3 Å². The first-order valence-corrected chi connectivity index (χ1v) is 6.04. The van der Waals surface area contributed by atoms with E-state index in [1.54, 1.807) is 19.4 Å². The molecule has 2 aromatic heterocycles. The Labute approximate surface area is 111 Å². The van der Waals surface area contributed by atoms with Crippen molar-refractivity contribution in [1.29, 1.82) is 0 Å². The second kappa shape index (κ2) is 4.31. The van der Waals surface area contributed by atoms with Gasteiger partial charge in [0.1, 0.15) is 5.75 Å². The molecule has 0 fully saturated rings. The van der Waals surface area contributed by atoms with Crippen LogP contribution in [0.25, 0.3) is 22.2 Å². The van der Waals surface area contributed by atoms with Crippen molar-refractivity contribution in [1.82, 2.24) is 9.55 Å². The zero-order valence-electron chi connectivity index (χ0n) is 10.9. The van der Waals surface area contributed by atoms with Gasteiger partial charge in [-0.3, -0.25) is 4.98 Å². The van der Waals surface area contributed by atoms with E-state index in [0.717, 1.165) is 33.6 Å². The van der Waals surface area contributed by atoms with Gasteiger partial charge in [-0.25, -0.2) is 0 Å². The molecular formula is C15H15N3O. The van der Waals surface area contributed by atoms with Gasteiger partial charge in [-0.15, -0.1) is 0 Å². The molecule has 96 valence electrons. The van der Waals surface area contributed by atoms with E-state index in [9.17, 15) is 0 Å². The first-order chi connectivity index (χ1) is 9.19. The molecule has 0 amide bonds. The fourth-order valence-electron chi connectivity index (χ4n) is 2.29. The van der Waals surface area contributed by atoms with E-state index in [1.807, 2.05) is 31.3 Å². The van der Waals surface area contributed by atoms with Gasteiger partial charge in [-0.05, 0) is 24.3 Å². The van der Waals surface area contributed by atoms with E-state index in [4.69, 9.17) is 10.5 Å². The average molecular weight is 253 g/mol. The maximum Gasteiger partial charge on any atom is 0.120 e. The number of benzene rings is 1. The summed E-state index contributed by atoms with van der Waals surface area (Å²) in [4.78, 5) is 4.39. The van der Waals surface area contributed by atoms with E-state index in [2.05, 4.69) is 15.7 Å². The largest absolute Gasteiger partial charge is 0.497 e. The van der Waals surface area contributed by atoms with Crippen LogP contribution in [0.4, 0.5) is 5.69 Å². The zero-order chi connectivity index (χ0) is 13.4. The fourth-order valence-corrected chi connectivity index (χ4v) is 2.29. The summed E-state index contributed by atoms with van der Waals surface area (Å²) in [6, 6.07) is 9.70. The SMILES string of the molecule is COc1ccc2c(-c3cc(N)ccn3)cn(C)c2c1. The number of aromatic nitrogens is 2. The summed E-state index contributed by atoms with van der Waals surface area (Å²) >= 11 is 0. The molecule has 4 heteroatoms. The molecule has 0 saturated heterocycles. The van der Waals surface area contributed by atoms with Gasteiger partial charge in [0, 0.05) is 42.1 Å². The maximum absolute atomic E-state index is 5.83. The second-order valence-electron chi connectivity index (χ2n) is 4.51. The van der Waals surface area contributed by atoms with Crippen molar-refractivity contribution in [2.24, 2.45) is 7.05 Å². The summed E-state index contributed by atoms with van der Waals surface area (Å²) in [5.74, 6) is 0.848. The lowest BCUT2D eigenvalue weighted by atomic mass is 10.1. The standard InChI is InChI=1S/C15H15N3O/c1-18-9-13(14-7-10(16)5-6-17-14)12-4-3-11(19-2)8-15(12)18/h3-9H,1-2H3,(H2,16,17). The predicted octanol–water partition coefficient (Wildman–Crippen LogP) is 2.83. The number of rotatable bonds is 2. The molecule has 3 rings (SSSR count). The molecule has 1 aromatic carbocycles. The van der Waals surface area contributed by atoms with Gasteiger partial charge in [-0.2, -0.15) is 0 Å². The highest BCUT2D eigenvalue weighted by molar-refractivity contribution is 5.96. The monoisotopic (exact) mass is 253 g/mol. The minimum atomic E-state index is 0.718. The van der Waals surface area contributed by atoms with Gasteiger partial charge in [0.25, 0.3) is 0 Å². The normalized spacial score (nSPS) is 10.8. The minimum Gasteiger partial charge on any atom is -0.497 e. The lowest BCUT2D eigenvalue weighted by Gasteiger charge is -2.02. The smallest absolute Gasteiger partial charge is 0.120 e. The average Bonchev–Trinajstić information content (AvgIpc) is 2.76. The summed E-state index contributed by atoms with van der Waals surface area (Å²) in [7, 11) is 3.68. The molecule has 0 unspecified atom stereocenters. The van der Waals surface area contributed by atoms with Crippen LogP contribution in [-0.4, -0.2) is 16.7 Å². The zero-order valence-corrected chi connectivity index (χ0v) is 10.9. The Bertz CT molecular complexity index is 746. The minimum absolute atomic E-state index is 0.718. The third-order valence-corrected chi connectivity index (χ3v) is 3.26. The van der Waals surface area contributed by atoms with Crippen LogP contribution in [0.1, 0.15) is 0 Å². The predicted molar refractivity (Wildman–Crippen MR) is 77.1 cm³/mol. The van der Waals surface area contributed by atoms with Crippen molar-refractivity contribution in [3.05, 3.63) is 42.7 Å². The molecule has 0 aliphatic carbocycles. The lowest BCUT2D eigenvalue weighted by molar-refractivity contribution is 0.415. The first kappa shape index (κ1) is 11.6. The Hall–Kier alpha value is -2.49. The van der Waals surface area contributed by atoms with E-state index < -0.39 is 0 Å². The highest BCUT2D eigenvalue weighted by Crippen LogP contribution is 2.31. The van der Waals surface area contributed by atoms with Crippen LogP contribution in [0.2, 0.25) is 0 Å². The van der Waals surface area contributed by atoms with E-state index in [-0.39, 0.29) is 0 Å². The molecular weight excluding hydrogens is 238 g/mol. The van der Waals surface area contributed by atoms with Crippen molar-refractivity contribution in [2.75, 3.05) is 12.8 Å². The number of pyridine rings is 1. The van der Waals surface area contributed by atoms with Crippen LogP contribution < -0.4 is 10.5 Å². The van der Waals surface area contributed by atoms with E-state index >= 15 is 0 Å². The molecule has 0 aliphatic heterocycles. The lowest BCUT2D eigenvalue weighted by Crippen LogP contribution is -1.87. The number of anilines is 1. The molecule has 0 aliphatic rings. The molecule has 0 spiro atoms. The van der Waals surface area contributed by atoms with E-state index in [0.29, 0.717) is 0 Å². The third kappa shape index (κ3) is 1.91. The Morgan fingerprint density at radius 2 is 2.05 bits per heavy atom. The molecule has 3 aromatic rings. The van der Waals surface area contributed by atoms with Crippen molar-refractivity contribution >= 4 is 16.6 Å². The Morgan fingerprint density at radius 3 is 2.79 bits per heavy atom. The Morgan fingerprint density at radius 1 is 1.21 bits per heavy atom. The molecule has 19 heavy (non-hydrogen) atoms. The number of ether oxygens (including phenoxy) is 1. The fraction of sp³-hybridized carbons (Fsp3) is 0.133. The summed E-state index contributed by atoms with van der Waals surface area (Å²) in [6.45, 7) is 0. The second-order valence-corrected chi connectivity index (χ2v) is 4.51. The van der Waals surface area contributed by atoms with Crippen LogP contribution in [0.5, 0.6) is 5.75 Å². The molecule has 2 N–H and O–H groups in total. The highest BCUT2D eigenvalue weighted by Gasteiger charge is 2.10. The number of nitrogens with zero attached hydrogens (tertiary/aromatic N) is 2. The maximum atomic E-state index is 5.83. The van der Waals surface area contributed by atoms with Gasteiger partial charge < -0.3 is 15.0 Å². The number of hydrogen-bond donors (Lipinski definition) is 1.